The van der Waals surface area contributed by atoms with Crippen LogP contribution in [0.1, 0.15) is 18.6 Å². The standard InChI is InChI=1S/C19H20ClN5O4/c1-10(28-3)15-14(9-21-13-5-6-25(2)18(26)16(13)15)24-19(27)23-11-7-12(20)17(29-4)22-8-11/h5-10H,1-4H3,(H2,23,24,27). The molecule has 0 saturated carbocycles. The first-order valence-corrected chi connectivity index (χ1v) is 9.02. The van der Waals surface area contributed by atoms with Crippen LogP contribution in [0.15, 0.2) is 35.5 Å². The molecule has 0 aliphatic heterocycles. The molecule has 0 fully saturated rings. The van der Waals surface area contributed by atoms with Crippen molar-refractivity contribution in [1.29, 1.82) is 0 Å². The highest BCUT2D eigenvalue weighted by Gasteiger charge is 2.20. The first-order valence-electron chi connectivity index (χ1n) is 8.64. The average molecular weight is 418 g/mol. The van der Waals surface area contributed by atoms with E-state index in [2.05, 4.69) is 20.6 Å². The predicted octanol–water partition coefficient (Wildman–Crippen LogP) is 3.34. The highest BCUT2D eigenvalue weighted by atomic mass is 35.5. The minimum Gasteiger partial charge on any atom is -0.480 e. The fourth-order valence-electron chi connectivity index (χ4n) is 2.89. The number of nitrogens with one attached hydrogen (secondary N) is 2. The second-order valence-electron chi connectivity index (χ2n) is 6.25. The topological polar surface area (TPSA) is 107 Å². The molecule has 0 radical (unpaired) electrons. The van der Waals surface area contributed by atoms with E-state index in [1.807, 2.05) is 0 Å². The third kappa shape index (κ3) is 4.15. The Balaban J connectivity index is 1.97. The average Bonchev–Trinajstić information content (AvgIpc) is 2.70. The number of amides is 2. The Hall–Kier alpha value is -3.17. The molecule has 9 nitrogen and oxygen atoms in total. The molecule has 0 aliphatic carbocycles. The number of aryl methyl sites for hydroxylation is 1. The number of hydrogen-bond donors (Lipinski definition) is 2. The molecule has 3 rings (SSSR count). The Morgan fingerprint density at radius 2 is 2.00 bits per heavy atom. The summed E-state index contributed by atoms with van der Waals surface area (Å²) in [6.07, 6.45) is 4.09. The molecule has 0 aliphatic rings. The number of carbonyl (C=O) groups excluding carboxylic acids is 1. The van der Waals surface area contributed by atoms with E-state index < -0.39 is 12.1 Å². The third-order valence-corrected chi connectivity index (χ3v) is 4.68. The number of ether oxygens (including phenoxy) is 2. The second kappa shape index (κ2) is 8.46. The summed E-state index contributed by atoms with van der Waals surface area (Å²) in [7, 11) is 4.62. The summed E-state index contributed by atoms with van der Waals surface area (Å²) in [5.41, 5.74) is 1.56. The number of aromatic nitrogens is 3. The Labute approximate surface area is 171 Å². The molecule has 0 bridgehead atoms. The zero-order valence-electron chi connectivity index (χ0n) is 16.3. The van der Waals surface area contributed by atoms with Crippen molar-refractivity contribution in [3.05, 3.63) is 51.7 Å². The largest absolute Gasteiger partial charge is 0.480 e. The molecule has 2 amide bonds. The summed E-state index contributed by atoms with van der Waals surface area (Å²) in [6, 6.07) is 2.70. The van der Waals surface area contributed by atoms with Crippen molar-refractivity contribution < 1.29 is 14.3 Å². The monoisotopic (exact) mass is 417 g/mol. The third-order valence-electron chi connectivity index (χ3n) is 4.41. The number of rotatable bonds is 5. The zero-order chi connectivity index (χ0) is 21.1. The number of urea groups is 1. The Morgan fingerprint density at radius 1 is 1.24 bits per heavy atom. The van der Waals surface area contributed by atoms with Crippen molar-refractivity contribution in [1.82, 2.24) is 14.5 Å². The molecule has 2 N–H and O–H groups in total. The van der Waals surface area contributed by atoms with Gasteiger partial charge in [0.15, 0.2) is 0 Å². The molecule has 10 heteroatoms. The van der Waals surface area contributed by atoms with Gasteiger partial charge in [-0.2, -0.15) is 0 Å². The van der Waals surface area contributed by atoms with E-state index in [9.17, 15) is 9.59 Å². The van der Waals surface area contributed by atoms with Crippen LogP contribution in [0.25, 0.3) is 10.9 Å². The van der Waals surface area contributed by atoms with Gasteiger partial charge in [-0.05, 0) is 19.1 Å². The Morgan fingerprint density at radius 3 is 2.66 bits per heavy atom. The van der Waals surface area contributed by atoms with Gasteiger partial charge < -0.3 is 24.7 Å². The van der Waals surface area contributed by atoms with Crippen LogP contribution in [0.5, 0.6) is 5.88 Å². The SMILES string of the molecule is COc1ncc(NC(=O)Nc2cnc3ccn(C)c(=O)c3c2C(C)OC)cc1Cl. The molecule has 1 unspecified atom stereocenters. The molecule has 152 valence electrons. The first kappa shape index (κ1) is 20.6. The normalized spacial score (nSPS) is 11.9. The summed E-state index contributed by atoms with van der Waals surface area (Å²) in [5, 5.41) is 6.00. The van der Waals surface area contributed by atoms with Gasteiger partial charge in [-0.15, -0.1) is 0 Å². The Bertz CT molecular complexity index is 1130. The fraction of sp³-hybridized carbons (Fsp3) is 0.263. The second-order valence-corrected chi connectivity index (χ2v) is 6.66. The fourth-order valence-corrected chi connectivity index (χ4v) is 3.13. The molecule has 0 aromatic carbocycles. The number of carbonyl (C=O) groups is 1. The highest BCUT2D eigenvalue weighted by molar-refractivity contribution is 6.32. The first-order chi connectivity index (χ1) is 13.8. The molecule has 0 spiro atoms. The van der Waals surface area contributed by atoms with Gasteiger partial charge in [0, 0.05) is 25.9 Å². The van der Waals surface area contributed by atoms with Gasteiger partial charge in [0.25, 0.3) is 5.56 Å². The van der Waals surface area contributed by atoms with Gasteiger partial charge >= 0.3 is 6.03 Å². The van der Waals surface area contributed by atoms with Crippen molar-refractivity contribution in [3.8, 4) is 5.88 Å². The van der Waals surface area contributed by atoms with Crippen LogP contribution < -0.4 is 20.9 Å². The van der Waals surface area contributed by atoms with Crippen LogP contribution in [0.3, 0.4) is 0 Å². The van der Waals surface area contributed by atoms with Crippen LogP contribution in [0, 0.1) is 0 Å². The number of fused-ring (bicyclic) bond motifs is 1. The van der Waals surface area contributed by atoms with E-state index in [1.165, 1.54) is 37.2 Å². The lowest BCUT2D eigenvalue weighted by molar-refractivity contribution is 0.121. The molecule has 29 heavy (non-hydrogen) atoms. The smallest absolute Gasteiger partial charge is 0.323 e. The number of anilines is 2. The van der Waals surface area contributed by atoms with Gasteiger partial charge in [-0.25, -0.2) is 9.78 Å². The van der Waals surface area contributed by atoms with Gasteiger partial charge in [0.1, 0.15) is 5.02 Å². The maximum atomic E-state index is 12.7. The lowest BCUT2D eigenvalue weighted by atomic mass is 10.0. The minimum absolute atomic E-state index is 0.232. The van der Waals surface area contributed by atoms with Crippen molar-refractivity contribution in [2.24, 2.45) is 7.05 Å². The molecule has 1 atom stereocenters. The zero-order valence-corrected chi connectivity index (χ0v) is 17.1. The van der Waals surface area contributed by atoms with Crippen LogP contribution in [-0.2, 0) is 11.8 Å². The van der Waals surface area contributed by atoms with Gasteiger partial charge in [-0.3, -0.25) is 9.78 Å². The maximum Gasteiger partial charge on any atom is 0.323 e. The van der Waals surface area contributed by atoms with E-state index in [4.69, 9.17) is 21.1 Å². The van der Waals surface area contributed by atoms with Gasteiger partial charge in [0.2, 0.25) is 5.88 Å². The minimum atomic E-state index is -0.550. The van der Waals surface area contributed by atoms with Crippen molar-refractivity contribution in [2.45, 2.75) is 13.0 Å². The summed E-state index contributed by atoms with van der Waals surface area (Å²) in [6.45, 7) is 1.79. The lowest BCUT2D eigenvalue weighted by Gasteiger charge is -2.18. The maximum absolute atomic E-state index is 12.7. The number of hydrogen-bond acceptors (Lipinski definition) is 6. The lowest BCUT2D eigenvalue weighted by Crippen LogP contribution is -2.23. The van der Waals surface area contributed by atoms with Crippen molar-refractivity contribution >= 4 is 39.9 Å². The number of halogens is 1. The van der Waals surface area contributed by atoms with Crippen molar-refractivity contribution in [2.75, 3.05) is 24.9 Å². The van der Waals surface area contributed by atoms with Gasteiger partial charge in [-0.1, -0.05) is 11.6 Å². The van der Waals surface area contributed by atoms with Crippen molar-refractivity contribution in [3.63, 3.8) is 0 Å². The van der Waals surface area contributed by atoms with Gasteiger partial charge in [0.05, 0.1) is 47.9 Å². The molecular weight excluding hydrogens is 398 g/mol. The Kier molecular flexibility index (Phi) is 6.00. The summed E-state index contributed by atoms with van der Waals surface area (Å²) >= 11 is 6.03. The van der Waals surface area contributed by atoms with Crippen LogP contribution in [0.4, 0.5) is 16.2 Å². The van der Waals surface area contributed by atoms with Crippen LogP contribution >= 0.6 is 11.6 Å². The van der Waals surface area contributed by atoms with E-state index in [-0.39, 0.29) is 16.5 Å². The van der Waals surface area contributed by atoms with E-state index in [0.29, 0.717) is 27.8 Å². The summed E-state index contributed by atoms with van der Waals surface area (Å²) in [4.78, 5) is 33.5. The molecule has 3 heterocycles. The number of nitrogens with zero attached hydrogens (tertiary/aromatic N) is 3. The molecule has 3 aromatic rings. The molecule has 3 aromatic heterocycles. The van der Waals surface area contributed by atoms with Crippen LogP contribution in [0.2, 0.25) is 5.02 Å². The molecule has 0 saturated heterocycles. The summed E-state index contributed by atoms with van der Waals surface area (Å²) < 4.78 is 11.9. The highest BCUT2D eigenvalue weighted by Crippen LogP contribution is 2.30. The molecular formula is C19H20ClN5O4. The van der Waals surface area contributed by atoms with Crippen LogP contribution in [-0.4, -0.2) is 34.8 Å². The van der Waals surface area contributed by atoms with E-state index >= 15 is 0 Å². The number of pyridine rings is 3. The predicted molar refractivity (Wildman–Crippen MR) is 111 cm³/mol. The van der Waals surface area contributed by atoms with E-state index in [0.717, 1.165) is 0 Å². The quantitative estimate of drug-likeness (QED) is 0.659. The number of methoxy groups -OCH3 is 2. The van der Waals surface area contributed by atoms with E-state index in [1.54, 1.807) is 26.2 Å². The summed E-state index contributed by atoms with van der Waals surface area (Å²) in [5.74, 6) is 0.253.